The zero-order chi connectivity index (χ0) is 18.5. The minimum absolute atomic E-state index is 0.0532. The van der Waals surface area contributed by atoms with Crippen molar-refractivity contribution in [2.75, 3.05) is 13.6 Å². The highest BCUT2D eigenvalue weighted by molar-refractivity contribution is 5.80. The molecule has 3 aromatic rings. The van der Waals surface area contributed by atoms with E-state index in [9.17, 15) is 4.39 Å². The number of hydrogen-bond donors (Lipinski definition) is 3. The third-order valence-corrected chi connectivity index (χ3v) is 4.37. The number of halogens is 1. The molecular formula is C20H24FN5. The normalized spacial score (nSPS) is 13.0. The summed E-state index contributed by atoms with van der Waals surface area (Å²) in [7, 11) is 1.72. The van der Waals surface area contributed by atoms with Crippen LogP contribution in [0.15, 0.2) is 47.5 Å². The number of aryl methyl sites for hydroxylation is 1. The lowest BCUT2D eigenvalue weighted by molar-refractivity contribution is 0.607. The van der Waals surface area contributed by atoms with Gasteiger partial charge in [-0.15, -0.1) is 0 Å². The molecule has 0 aliphatic heterocycles. The molecule has 0 bridgehead atoms. The highest BCUT2D eigenvalue weighted by atomic mass is 19.1. The van der Waals surface area contributed by atoms with Gasteiger partial charge in [-0.2, -0.15) is 0 Å². The number of guanidine groups is 1. The van der Waals surface area contributed by atoms with E-state index in [0.717, 1.165) is 28.8 Å². The molecule has 1 atom stereocenters. The number of aliphatic imine (C=N–C) groups is 1. The van der Waals surface area contributed by atoms with Gasteiger partial charge in [0, 0.05) is 20.0 Å². The summed E-state index contributed by atoms with van der Waals surface area (Å²) in [6.45, 7) is 4.43. The van der Waals surface area contributed by atoms with E-state index in [1.807, 2.05) is 37.3 Å². The molecular weight excluding hydrogens is 329 g/mol. The van der Waals surface area contributed by atoms with Crippen LogP contribution in [0.5, 0.6) is 0 Å². The van der Waals surface area contributed by atoms with E-state index in [1.165, 1.54) is 0 Å². The van der Waals surface area contributed by atoms with Crippen LogP contribution in [0, 0.1) is 12.7 Å². The quantitative estimate of drug-likeness (QED) is 0.486. The Hall–Kier alpha value is -2.89. The van der Waals surface area contributed by atoms with E-state index >= 15 is 0 Å². The molecule has 1 unspecified atom stereocenters. The molecule has 6 heteroatoms. The van der Waals surface area contributed by atoms with Crippen LogP contribution in [-0.2, 0) is 6.42 Å². The van der Waals surface area contributed by atoms with E-state index < -0.39 is 0 Å². The lowest BCUT2D eigenvalue weighted by Gasteiger charge is -2.18. The molecule has 26 heavy (non-hydrogen) atoms. The fourth-order valence-electron chi connectivity index (χ4n) is 2.78. The molecule has 2 aromatic carbocycles. The van der Waals surface area contributed by atoms with Gasteiger partial charge in [-0.25, -0.2) is 9.37 Å². The summed E-state index contributed by atoms with van der Waals surface area (Å²) < 4.78 is 13.8. The van der Waals surface area contributed by atoms with Crippen LogP contribution >= 0.6 is 0 Å². The van der Waals surface area contributed by atoms with Crippen LogP contribution in [0.1, 0.15) is 29.9 Å². The van der Waals surface area contributed by atoms with Crippen molar-refractivity contribution in [3.05, 3.63) is 65.2 Å². The van der Waals surface area contributed by atoms with Crippen LogP contribution in [0.25, 0.3) is 11.0 Å². The number of para-hydroxylation sites is 2. The van der Waals surface area contributed by atoms with E-state index in [-0.39, 0.29) is 11.9 Å². The summed E-state index contributed by atoms with van der Waals surface area (Å²) in [6.07, 6.45) is 0.753. The highest BCUT2D eigenvalue weighted by Crippen LogP contribution is 2.16. The predicted molar refractivity (Wildman–Crippen MR) is 104 cm³/mol. The van der Waals surface area contributed by atoms with Crippen LogP contribution in [-0.4, -0.2) is 29.5 Å². The molecule has 1 heterocycles. The number of benzene rings is 2. The number of aromatic nitrogens is 2. The number of fused-ring (bicyclic) bond motifs is 1. The maximum absolute atomic E-state index is 13.8. The van der Waals surface area contributed by atoms with Crippen LogP contribution < -0.4 is 10.6 Å². The van der Waals surface area contributed by atoms with Gasteiger partial charge in [0.05, 0.1) is 17.1 Å². The van der Waals surface area contributed by atoms with E-state index in [0.29, 0.717) is 18.1 Å². The van der Waals surface area contributed by atoms with E-state index in [2.05, 4.69) is 25.6 Å². The minimum Gasteiger partial charge on any atom is -0.356 e. The second kappa shape index (κ2) is 7.99. The fourth-order valence-corrected chi connectivity index (χ4v) is 2.78. The van der Waals surface area contributed by atoms with Gasteiger partial charge in [0.25, 0.3) is 0 Å². The Labute approximate surface area is 152 Å². The standard InChI is InChI=1S/C20H24FN5/c1-13-8-9-15(12-16(13)21)14(2)24-20(22-3)23-11-10-19-25-17-6-4-5-7-18(17)26-19/h4-9,12,14H,10-11H2,1-3H3,(H,25,26)(H2,22,23,24). The van der Waals surface area contributed by atoms with Gasteiger partial charge >= 0.3 is 0 Å². The van der Waals surface area contributed by atoms with Crippen molar-refractivity contribution in [3.8, 4) is 0 Å². The number of nitrogens with zero attached hydrogens (tertiary/aromatic N) is 2. The van der Waals surface area contributed by atoms with Crippen LogP contribution in [0.4, 0.5) is 4.39 Å². The van der Waals surface area contributed by atoms with Crippen LogP contribution in [0.2, 0.25) is 0 Å². The van der Waals surface area contributed by atoms with Crippen LogP contribution in [0.3, 0.4) is 0 Å². The van der Waals surface area contributed by atoms with Crippen molar-refractivity contribution in [2.45, 2.75) is 26.3 Å². The number of aromatic amines is 1. The predicted octanol–water partition coefficient (Wildman–Crippen LogP) is 3.48. The lowest BCUT2D eigenvalue weighted by Crippen LogP contribution is -2.39. The Bertz CT molecular complexity index is 882. The highest BCUT2D eigenvalue weighted by Gasteiger charge is 2.10. The van der Waals surface area contributed by atoms with Gasteiger partial charge in [0.1, 0.15) is 11.6 Å². The molecule has 0 fully saturated rings. The number of rotatable bonds is 5. The number of imidazole rings is 1. The molecule has 3 rings (SSSR count). The number of H-pyrrole nitrogens is 1. The van der Waals surface area contributed by atoms with Crippen molar-refractivity contribution in [2.24, 2.45) is 4.99 Å². The SMILES string of the molecule is CN=C(NCCc1nc2ccccc2[nH]1)NC(C)c1ccc(C)c(F)c1. The summed E-state index contributed by atoms with van der Waals surface area (Å²) in [5, 5.41) is 6.56. The first kappa shape index (κ1) is 17.9. The van der Waals surface area contributed by atoms with Crippen molar-refractivity contribution in [1.29, 1.82) is 0 Å². The zero-order valence-electron chi connectivity index (χ0n) is 15.3. The largest absolute Gasteiger partial charge is 0.356 e. The molecule has 0 amide bonds. The summed E-state index contributed by atoms with van der Waals surface area (Å²) >= 11 is 0. The molecule has 0 aliphatic carbocycles. The van der Waals surface area contributed by atoms with Crippen molar-refractivity contribution < 1.29 is 4.39 Å². The fraction of sp³-hybridized carbons (Fsp3) is 0.300. The molecule has 3 N–H and O–H groups in total. The Morgan fingerprint density at radius 2 is 2.08 bits per heavy atom. The average molecular weight is 353 g/mol. The first-order valence-corrected chi connectivity index (χ1v) is 8.73. The summed E-state index contributed by atoms with van der Waals surface area (Å²) in [5.74, 6) is 1.42. The Morgan fingerprint density at radius 1 is 1.27 bits per heavy atom. The van der Waals surface area contributed by atoms with Gasteiger partial charge in [0.15, 0.2) is 5.96 Å². The summed E-state index contributed by atoms with van der Waals surface area (Å²) in [6, 6.07) is 13.2. The third-order valence-electron chi connectivity index (χ3n) is 4.37. The molecule has 0 spiro atoms. The molecule has 136 valence electrons. The maximum atomic E-state index is 13.8. The Balaban J connectivity index is 1.55. The molecule has 1 aromatic heterocycles. The second-order valence-corrected chi connectivity index (χ2v) is 6.32. The Kier molecular flexibility index (Phi) is 5.51. The molecule has 0 radical (unpaired) electrons. The number of nitrogens with one attached hydrogen (secondary N) is 3. The van der Waals surface area contributed by atoms with E-state index in [4.69, 9.17) is 0 Å². The molecule has 0 aliphatic rings. The lowest BCUT2D eigenvalue weighted by atomic mass is 10.1. The molecule has 0 saturated carbocycles. The smallest absolute Gasteiger partial charge is 0.191 e. The molecule has 0 saturated heterocycles. The minimum atomic E-state index is -0.191. The first-order valence-electron chi connectivity index (χ1n) is 8.73. The first-order chi connectivity index (χ1) is 12.6. The van der Waals surface area contributed by atoms with Gasteiger partial charge in [0.2, 0.25) is 0 Å². The van der Waals surface area contributed by atoms with Crippen molar-refractivity contribution >= 4 is 17.0 Å². The Morgan fingerprint density at radius 3 is 2.81 bits per heavy atom. The van der Waals surface area contributed by atoms with Crippen molar-refractivity contribution in [3.63, 3.8) is 0 Å². The topological polar surface area (TPSA) is 65.1 Å². The summed E-state index contributed by atoms with van der Waals surface area (Å²) in [5.41, 5.74) is 3.54. The van der Waals surface area contributed by atoms with Gasteiger partial charge in [-0.1, -0.05) is 24.3 Å². The summed E-state index contributed by atoms with van der Waals surface area (Å²) in [4.78, 5) is 12.1. The van der Waals surface area contributed by atoms with Gasteiger partial charge in [-0.3, -0.25) is 4.99 Å². The maximum Gasteiger partial charge on any atom is 0.191 e. The van der Waals surface area contributed by atoms with E-state index in [1.54, 1.807) is 26.1 Å². The second-order valence-electron chi connectivity index (χ2n) is 6.32. The molecule has 5 nitrogen and oxygen atoms in total. The monoisotopic (exact) mass is 353 g/mol. The number of hydrogen-bond acceptors (Lipinski definition) is 2. The third kappa shape index (κ3) is 4.20. The van der Waals surface area contributed by atoms with Gasteiger partial charge < -0.3 is 15.6 Å². The van der Waals surface area contributed by atoms with Crippen molar-refractivity contribution in [1.82, 2.24) is 20.6 Å². The average Bonchev–Trinajstić information content (AvgIpc) is 3.05. The zero-order valence-corrected chi connectivity index (χ0v) is 15.3. The van der Waals surface area contributed by atoms with Gasteiger partial charge in [-0.05, 0) is 43.2 Å².